The summed E-state index contributed by atoms with van der Waals surface area (Å²) in [4.78, 5) is 0.237. The SMILES string of the molecule is Cc1ccc(S(=O)(=O)OCC[C@@H](C)CCCC(C)C)cc1. The van der Waals surface area contributed by atoms with Gasteiger partial charge in [0.05, 0.1) is 11.5 Å². The Morgan fingerprint density at radius 2 is 1.62 bits per heavy atom. The lowest BCUT2D eigenvalue weighted by molar-refractivity contribution is 0.279. The van der Waals surface area contributed by atoms with E-state index in [0.717, 1.165) is 24.3 Å². The molecule has 1 atom stereocenters. The summed E-state index contributed by atoms with van der Waals surface area (Å²) in [5, 5.41) is 0. The first-order valence-electron chi connectivity index (χ1n) is 7.77. The van der Waals surface area contributed by atoms with E-state index in [-0.39, 0.29) is 11.5 Å². The van der Waals surface area contributed by atoms with Crippen LogP contribution in [-0.4, -0.2) is 15.0 Å². The largest absolute Gasteiger partial charge is 0.296 e. The molecule has 0 amide bonds. The Kier molecular flexibility index (Phi) is 7.40. The van der Waals surface area contributed by atoms with Crippen LogP contribution in [0, 0.1) is 18.8 Å². The molecular weight excluding hydrogens is 284 g/mol. The van der Waals surface area contributed by atoms with Crippen molar-refractivity contribution in [3.8, 4) is 0 Å². The van der Waals surface area contributed by atoms with Gasteiger partial charge in [-0.3, -0.25) is 4.18 Å². The third kappa shape index (κ3) is 7.09. The zero-order chi connectivity index (χ0) is 15.9. The van der Waals surface area contributed by atoms with E-state index < -0.39 is 10.1 Å². The van der Waals surface area contributed by atoms with Gasteiger partial charge in [-0.25, -0.2) is 0 Å². The monoisotopic (exact) mass is 312 g/mol. The molecule has 1 rings (SSSR count). The molecule has 0 fully saturated rings. The van der Waals surface area contributed by atoms with E-state index in [1.165, 1.54) is 12.8 Å². The van der Waals surface area contributed by atoms with Gasteiger partial charge in [0.15, 0.2) is 0 Å². The van der Waals surface area contributed by atoms with Gasteiger partial charge in [0.2, 0.25) is 0 Å². The molecule has 1 aromatic rings. The molecule has 0 bridgehead atoms. The number of rotatable bonds is 9. The third-order valence-electron chi connectivity index (χ3n) is 3.64. The van der Waals surface area contributed by atoms with Crippen LogP contribution < -0.4 is 0 Å². The molecule has 4 heteroatoms. The van der Waals surface area contributed by atoms with Crippen molar-refractivity contribution in [1.82, 2.24) is 0 Å². The van der Waals surface area contributed by atoms with E-state index in [2.05, 4.69) is 20.8 Å². The smallest absolute Gasteiger partial charge is 0.266 e. The minimum atomic E-state index is -3.61. The van der Waals surface area contributed by atoms with Gasteiger partial charge in [-0.05, 0) is 37.3 Å². The zero-order valence-corrected chi connectivity index (χ0v) is 14.4. The lowest BCUT2D eigenvalue weighted by Gasteiger charge is -2.12. The van der Waals surface area contributed by atoms with Crippen LogP contribution in [-0.2, 0) is 14.3 Å². The molecule has 120 valence electrons. The average molecular weight is 312 g/mol. The Morgan fingerprint density at radius 3 is 2.19 bits per heavy atom. The molecule has 0 aliphatic carbocycles. The van der Waals surface area contributed by atoms with Crippen LogP contribution in [0.4, 0.5) is 0 Å². The van der Waals surface area contributed by atoms with E-state index >= 15 is 0 Å². The molecule has 0 aromatic heterocycles. The molecule has 3 nitrogen and oxygen atoms in total. The van der Waals surface area contributed by atoms with Crippen molar-refractivity contribution in [3.05, 3.63) is 29.8 Å². The molecule has 21 heavy (non-hydrogen) atoms. The summed E-state index contributed by atoms with van der Waals surface area (Å²) in [5.41, 5.74) is 1.03. The van der Waals surface area contributed by atoms with Crippen LogP contribution in [0.1, 0.15) is 52.0 Å². The number of benzene rings is 1. The predicted molar refractivity (Wildman–Crippen MR) is 86.8 cm³/mol. The first kappa shape index (κ1) is 18.2. The van der Waals surface area contributed by atoms with Gasteiger partial charge in [-0.1, -0.05) is 57.7 Å². The van der Waals surface area contributed by atoms with Crippen LogP contribution in [0.2, 0.25) is 0 Å². The maximum absolute atomic E-state index is 12.0. The van der Waals surface area contributed by atoms with E-state index in [9.17, 15) is 8.42 Å². The lowest BCUT2D eigenvalue weighted by atomic mass is 9.98. The highest BCUT2D eigenvalue weighted by atomic mass is 32.2. The Balaban J connectivity index is 2.35. The van der Waals surface area contributed by atoms with E-state index in [1.807, 2.05) is 6.92 Å². The molecular formula is C17H28O3S. The minimum absolute atomic E-state index is 0.237. The molecule has 0 unspecified atom stereocenters. The number of hydrogen-bond acceptors (Lipinski definition) is 3. The topological polar surface area (TPSA) is 43.4 Å². The van der Waals surface area contributed by atoms with Crippen molar-refractivity contribution in [3.63, 3.8) is 0 Å². The van der Waals surface area contributed by atoms with Gasteiger partial charge in [0.25, 0.3) is 10.1 Å². The Hall–Kier alpha value is -0.870. The van der Waals surface area contributed by atoms with Gasteiger partial charge < -0.3 is 0 Å². The molecule has 0 N–H and O–H groups in total. The Bertz CT molecular complexity index is 503. The van der Waals surface area contributed by atoms with Crippen LogP contribution in [0.15, 0.2) is 29.2 Å². The molecule has 1 aromatic carbocycles. The second-order valence-electron chi connectivity index (χ2n) is 6.31. The predicted octanol–water partition coefficient (Wildman–Crippen LogP) is 4.55. The summed E-state index contributed by atoms with van der Waals surface area (Å²) in [5.74, 6) is 1.23. The van der Waals surface area contributed by atoms with Gasteiger partial charge in [0, 0.05) is 0 Å². The molecule has 0 radical (unpaired) electrons. The minimum Gasteiger partial charge on any atom is -0.266 e. The van der Waals surface area contributed by atoms with Crippen LogP contribution >= 0.6 is 0 Å². The highest BCUT2D eigenvalue weighted by Gasteiger charge is 2.15. The third-order valence-corrected chi connectivity index (χ3v) is 4.96. The van der Waals surface area contributed by atoms with Gasteiger partial charge in [-0.15, -0.1) is 0 Å². The fourth-order valence-corrected chi connectivity index (χ4v) is 3.07. The standard InChI is InChI=1S/C17H28O3S/c1-14(2)6-5-7-15(3)12-13-20-21(18,19)17-10-8-16(4)9-11-17/h8-11,14-15H,5-7,12-13H2,1-4H3/t15-/m0/s1. The number of aryl methyl sites for hydroxylation is 1. The second kappa shape index (κ2) is 8.54. The van der Waals surface area contributed by atoms with Crippen molar-refractivity contribution in [1.29, 1.82) is 0 Å². The summed E-state index contributed by atoms with van der Waals surface area (Å²) < 4.78 is 29.1. The molecule has 0 heterocycles. The van der Waals surface area contributed by atoms with E-state index in [4.69, 9.17) is 4.18 Å². The quantitative estimate of drug-likeness (QED) is 0.628. The summed E-state index contributed by atoms with van der Waals surface area (Å²) in [6, 6.07) is 6.75. The summed E-state index contributed by atoms with van der Waals surface area (Å²) in [6.45, 7) is 8.79. The molecule has 0 saturated carbocycles. The van der Waals surface area contributed by atoms with Crippen molar-refractivity contribution >= 4 is 10.1 Å². The molecule has 0 spiro atoms. The van der Waals surface area contributed by atoms with E-state index in [0.29, 0.717) is 5.92 Å². The summed E-state index contributed by atoms with van der Waals surface area (Å²) in [7, 11) is -3.61. The highest BCUT2D eigenvalue weighted by molar-refractivity contribution is 7.86. The molecule has 0 aliphatic rings. The fourth-order valence-electron chi connectivity index (χ4n) is 2.15. The number of hydrogen-bond donors (Lipinski definition) is 0. The summed E-state index contributed by atoms with van der Waals surface area (Å²) in [6.07, 6.45) is 4.34. The molecule has 0 saturated heterocycles. The highest BCUT2D eigenvalue weighted by Crippen LogP contribution is 2.17. The first-order valence-corrected chi connectivity index (χ1v) is 9.18. The molecule has 0 aliphatic heterocycles. The van der Waals surface area contributed by atoms with Crippen molar-refractivity contribution in [2.24, 2.45) is 11.8 Å². The van der Waals surface area contributed by atoms with Crippen molar-refractivity contribution < 1.29 is 12.6 Å². The lowest BCUT2D eigenvalue weighted by Crippen LogP contribution is -2.10. The van der Waals surface area contributed by atoms with E-state index in [1.54, 1.807) is 24.3 Å². The average Bonchev–Trinajstić information content (AvgIpc) is 2.38. The van der Waals surface area contributed by atoms with Gasteiger partial charge in [-0.2, -0.15) is 8.42 Å². The Labute approximate surface area is 129 Å². The maximum Gasteiger partial charge on any atom is 0.296 e. The first-order chi connectivity index (χ1) is 9.81. The maximum atomic E-state index is 12.0. The van der Waals surface area contributed by atoms with Crippen LogP contribution in [0.3, 0.4) is 0 Å². The van der Waals surface area contributed by atoms with Gasteiger partial charge in [0.1, 0.15) is 0 Å². The normalized spacial score (nSPS) is 13.6. The zero-order valence-electron chi connectivity index (χ0n) is 13.6. The van der Waals surface area contributed by atoms with Gasteiger partial charge >= 0.3 is 0 Å². The second-order valence-corrected chi connectivity index (χ2v) is 7.92. The van der Waals surface area contributed by atoms with Crippen molar-refractivity contribution in [2.75, 3.05) is 6.61 Å². The Morgan fingerprint density at radius 1 is 1.00 bits per heavy atom. The fraction of sp³-hybridized carbons (Fsp3) is 0.647. The summed E-state index contributed by atoms with van der Waals surface area (Å²) >= 11 is 0. The van der Waals surface area contributed by atoms with Crippen LogP contribution in [0.25, 0.3) is 0 Å². The van der Waals surface area contributed by atoms with Crippen molar-refractivity contribution in [2.45, 2.75) is 58.3 Å². The van der Waals surface area contributed by atoms with Crippen LogP contribution in [0.5, 0.6) is 0 Å².